The molecule has 0 heterocycles. The zero-order valence-electron chi connectivity index (χ0n) is 9.51. The molecule has 0 fully saturated rings. The standard InChI is InChI=1S/C13H10Br2FNO/c1-7-4-8(14)2-3-12(7)18-13-6-10(16)9(15)5-11(13)17/h2-6H,17H2,1H3. The minimum absolute atomic E-state index is 0.307. The molecule has 2 rings (SSSR count). The lowest BCUT2D eigenvalue weighted by atomic mass is 10.2. The quantitative estimate of drug-likeness (QED) is 0.748. The SMILES string of the molecule is Cc1cc(Br)ccc1Oc1cc(F)c(Br)cc1N. The van der Waals surface area contributed by atoms with E-state index >= 15 is 0 Å². The van der Waals surface area contributed by atoms with Crippen molar-refractivity contribution in [2.45, 2.75) is 6.92 Å². The molecule has 2 aromatic carbocycles. The van der Waals surface area contributed by atoms with Gasteiger partial charge in [-0.15, -0.1) is 0 Å². The van der Waals surface area contributed by atoms with Crippen LogP contribution in [0.4, 0.5) is 10.1 Å². The monoisotopic (exact) mass is 373 g/mol. The fourth-order valence-corrected chi connectivity index (χ4v) is 2.31. The third kappa shape index (κ3) is 2.84. The summed E-state index contributed by atoms with van der Waals surface area (Å²) in [6.07, 6.45) is 0. The lowest BCUT2D eigenvalue weighted by Crippen LogP contribution is -1.95. The van der Waals surface area contributed by atoms with Crippen molar-refractivity contribution in [3.05, 3.63) is 50.7 Å². The molecule has 0 radical (unpaired) electrons. The summed E-state index contributed by atoms with van der Waals surface area (Å²) in [4.78, 5) is 0. The van der Waals surface area contributed by atoms with Gasteiger partial charge in [-0.25, -0.2) is 4.39 Å². The summed E-state index contributed by atoms with van der Waals surface area (Å²) in [5, 5.41) is 0. The number of ether oxygens (including phenoxy) is 1. The maximum absolute atomic E-state index is 13.4. The molecule has 18 heavy (non-hydrogen) atoms. The summed E-state index contributed by atoms with van der Waals surface area (Å²) in [6.45, 7) is 1.91. The molecule has 2 nitrogen and oxygen atoms in total. The van der Waals surface area contributed by atoms with Crippen molar-refractivity contribution in [3.63, 3.8) is 0 Å². The molecule has 0 spiro atoms. The van der Waals surface area contributed by atoms with Gasteiger partial charge in [-0.2, -0.15) is 0 Å². The van der Waals surface area contributed by atoms with E-state index in [-0.39, 0.29) is 0 Å². The highest BCUT2D eigenvalue weighted by molar-refractivity contribution is 9.10. The average Bonchev–Trinajstić information content (AvgIpc) is 2.29. The van der Waals surface area contributed by atoms with Crippen LogP contribution in [0.1, 0.15) is 5.56 Å². The number of nitrogen functional groups attached to an aromatic ring is 1. The number of nitrogens with two attached hydrogens (primary N) is 1. The molecule has 0 saturated carbocycles. The Kier molecular flexibility index (Phi) is 3.92. The van der Waals surface area contributed by atoms with Crippen LogP contribution >= 0.6 is 31.9 Å². The second-order valence-electron chi connectivity index (χ2n) is 3.82. The summed E-state index contributed by atoms with van der Waals surface area (Å²) < 4.78 is 20.3. The van der Waals surface area contributed by atoms with Crippen molar-refractivity contribution >= 4 is 37.5 Å². The fourth-order valence-electron chi connectivity index (χ4n) is 1.48. The lowest BCUT2D eigenvalue weighted by molar-refractivity contribution is 0.475. The highest BCUT2D eigenvalue weighted by Crippen LogP contribution is 2.34. The van der Waals surface area contributed by atoms with Crippen LogP contribution in [0.15, 0.2) is 39.3 Å². The lowest BCUT2D eigenvalue weighted by Gasteiger charge is -2.11. The van der Waals surface area contributed by atoms with Gasteiger partial charge >= 0.3 is 0 Å². The predicted molar refractivity (Wildman–Crippen MR) is 77.5 cm³/mol. The number of anilines is 1. The third-order valence-electron chi connectivity index (χ3n) is 2.41. The number of halogens is 3. The molecule has 0 saturated heterocycles. The molecule has 0 aromatic heterocycles. The molecular formula is C13H10Br2FNO. The van der Waals surface area contributed by atoms with E-state index in [2.05, 4.69) is 31.9 Å². The van der Waals surface area contributed by atoms with E-state index in [1.165, 1.54) is 12.1 Å². The van der Waals surface area contributed by atoms with Crippen LogP contribution in [0, 0.1) is 12.7 Å². The van der Waals surface area contributed by atoms with Crippen molar-refractivity contribution in [2.75, 3.05) is 5.73 Å². The first kappa shape index (κ1) is 13.4. The molecule has 0 aliphatic carbocycles. The number of benzene rings is 2. The van der Waals surface area contributed by atoms with Crippen molar-refractivity contribution in [1.29, 1.82) is 0 Å². The van der Waals surface area contributed by atoms with E-state index in [0.717, 1.165) is 10.0 Å². The van der Waals surface area contributed by atoms with Gasteiger partial charge in [0.1, 0.15) is 11.6 Å². The van der Waals surface area contributed by atoms with Gasteiger partial charge in [0.25, 0.3) is 0 Å². The van der Waals surface area contributed by atoms with E-state index in [4.69, 9.17) is 10.5 Å². The van der Waals surface area contributed by atoms with Crippen LogP contribution in [0.25, 0.3) is 0 Å². The Hall–Kier alpha value is -1.07. The molecule has 0 amide bonds. The van der Waals surface area contributed by atoms with Crippen LogP contribution in [-0.2, 0) is 0 Å². The van der Waals surface area contributed by atoms with Gasteiger partial charge in [0.05, 0.1) is 10.2 Å². The largest absolute Gasteiger partial charge is 0.455 e. The fraction of sp³-hybridized carbons (Fsp3) is 0.0769. The van der Waals surface area contributed by atoms with E-state index in [9.17, 15) is 4.39 Å². The molecule has 0 aliphatic rings. The zero-order valence-corrected chi connectivity index (χ0v) is 12.7. The van der Waals surface area contributed by atoms with E-state index in [0.29, 0.717) is 21.7 Å². The van der Waals surface area contributed by atoms with Gasteiger partial charge in [0.2, 0.25) is 0 Å². The van der Waals surface area contributed by atoms with Crippen LogP contribution < -0.4 is 10.5 Å². The first-order valence-corrected chi connectivity index (χ1v) is 6.74. The van der Waals surface area contributed by atoms with Crippen molar-refractivity contribution in [3.8, 4) is 11.5 Å². The second kappa shape index (κ2) is 5.28. The Bertz CT molecular complexity index is 602. The molecule has 0 aliphatic heterocycles. The molecule has 5 heteroatoms. The van der Waals surface area contributed by atoms with E-state index in [1.54, 1.807) is 6.07 Å². The molecule has 0 unspecified atom stereocenters. The Morgan fingerprint density at radius 2 is 1.83 bits per heavy atom. The first-order chi connectivity index (χ1) is 8.47. The molecule has 0 atom stereocenters. The second-order valence-corrected chi connectivity index (χ2v) is 5.59. The number of hydrogen-bond donors (Lipinski definition) is 1. The topological polar surface area (TPSA) is 35.2 Å². The first-order valence-electron chi connectivity index (χ1n) is 5.16. The van der Waals surface area contributed by atoms with E-state index < -0.39 is 5.82 Å². The highest BCUT2D eigenvalue weighted by atomic mass is 79.9. The van der Waals surface area contributed by atoms with Gasteiger partial charge in [-0.1, -0.05) is 15.9 Å². The Balaban J connectivity index is 2.37. The smallest absolute Gasteiger partial charge is 0.153 e. The van der Waals surface area contributed by atoms with Crippen molar-refractivity contribution in [2.24, 2.45) is 0 Å². The Labute approximate surface area is 121 Å². The van der Waals surface area contributed by atoms with Gasteiger partial charge in [-0.3, -0.25) is 0 Å². The highest BCUT2D eigenvalue weighted by Gasteiger charge is 2.09. The summed E-state index contributed by atoms with van der Waals surface area (Å²) in [5.74, 6) is 0.543. The number of rotatable bonds is 2. The molecule has 2 aromatic rings. The minimum atomic E-state index is -0.408. The number of hydrogen-bond acceptors (Lipinski definition) is 2. The van der Waals surface area contributed by atoms with E-state index in [1.807, 2.05) is 19.1 Å². The maximum Gasteiger partial charge on any atom is 0.153 e. The Morgan fingerprint density at radius 1 is 1.11 bits per heavy atom. The average molecular weight is 375 g/mol. The summed E-state index contributed by atoms with van der Waals surface area (Å²) >= 11 is 6.44. The van der Waals surface area contributed by atoms with Gasteiger partial charge in [0, 0.05) is 10.5 Å². The van der Waals surface area contributed by atoms with Crippen LogP contribution in [-0.4, -0.2) is 0 Å². The molecular weight excluding hydrogens is 365 g/mol. The summed E-state index contributed by atoms with van der Waals surface area (Å²) in [7, 11) is 0. The molecule has 2 N–H and O–H groups in total. The van der Waals surface area contributed by atoms with Gasteiger partial charge in [0.15, 0.2) is 5.75 Å². The Morgan fingerprint density at radius 3 is 2.50 bits per heavy atom. The van der Waals surface area contributed by atoms with Gasteiger partial charge < -0.3 is 10.5 Å². The normalized spacial score (nSPS) is 10.4. The summed E-state index contributed by atoms with van der Waals surface area (Å²) in [5.41, 5.74) is 7.10. The predicted octanol–water partition coefficient (Wildman–Crippen LogP) is 5.03. The zero-order chi connectivity index (χ0) is 13.3. The minimum Gasteiger partial charge on any atom is -0.455 e. The van der Waals surface area contributed by atoms with Gasteiger partial charge in [-0.05, 0) is 52.7 Å². The van der Waals surface area contributed by atoms with Crippen molar-refractivity contribution in [1.82, 2.24) is 0 Å². The van der Waals surface area contributed by atoms with Crippen LogP contribution in [0.5, 0.6) is 11.5 Å². The summed E-state index contributed by atoms with van der Waals surface area (Å²) in [6, 6.07) is 8.33. The third-order valence-corrected chi connectivity index (χ3v) is 3.51. The molecule has 0 bridgehead atoms. The van der Waals surface area contributed by atoms with Crippen LogP contribution in [0.2, 0.25) is 0 Å². The molecule has 94 valence electrons. The number of aryl methyl sites for hydroxylation is 1. The van der Waals surface area contributed by atoms with Crippen molar-refractivity contribution < 1.29 is 9.13 Å². The maximum atomic E-state index is 13.4. The van der Waals surface area contributed by atoms with Crippen LogP contribution in [0.3, 0.4) is 0 Å².